The van der Waals surface area contributed by atoms with Crippen molar-refractivity contribution in [2.24, 2.45) is 0 Å². The van der Waals surface area contributed by atoms with Crippen LogP contribution < -0.4 is 0 Å². The molecular weight excluding hydrogens is 244 g/mol. The molecule has 0 saturated heterocycles. The van der Waals surface area contributed by atoms with Gasteiger partial charge in [-0.1, -0.05) is 68.8 Å². The summed E-state index contributed by atoms with van der Waals surface area (Å²) in [4.78, 5) is 0. The highest BCUT2D eigenvalue weighted by Crippen LogP contribution is 2.34. The first kappa shape index (κ1) is 14.8. The average Bonchev–Trinajstić information content (AvgIpc) is 2.53. The van der Waals surface area contributed by atoms with Gasteiger partial charge in [0.15, 0.2) is 0 Å². The van der Waals surface area contributed by atoms with Crippen molar-refractivity contribution in [1.29, 1.82) is 0 Å². The maximum absolute atomic E-state index is 9.41. The lowest BCUT2D eigenvalue weighted by molar-refractivity contribution is 0.281. The molecule has 0 aliphatic rings. The molecule has 0 fully saturated rings. The first-order chi connectivity index (χ1) is 9.80. The first-order valence-corrected chi connectivity index (χ1v) is 7.59. The predicted octanol–water partition coefficient (Wildman–Crippen LogP) is 5.14. The standard InChI is InChI=1S/C19H24O/c1-3-8-16(4-2)19-13-15(14-20)11-12-18(19)17-9-6-5-7-10-17/h5-7,9-13,16,20H,3-4,8,14H2,1-2H3. The van der Waals surface area contributed by atoms with E-state index < -0.39 is 0 Å². The number of aliphatic hydroxyl groups is 1. The molecule has 1 heteroatoms. The van der Waals surface area contributed by atoms with Gasteiger partial charge < -0.3 is 5.11 Å². The number of rotatable bonds is 6. The van der Waals surface area contributed by atoms with Gasteiger partial charge in [0.05, 0.1) is 6.61 Å². The minimum Gasteiger partial charge on any atom is -0.392 e. The van der Waals surface area contributed by atoms with Crippen molar-refractivity contribution >= 4 is 0 Å². The maximum Gasteiger partial charge on any atom is 0.0681 e. The van der Waals surface area contributed by atoms with Gasteiger partial charge in [-0.15, -0.1) is 0 Å². The molecule has 1 N–H and O–H groups in total. The minimum atomic E-state index is 0.116. The van der Waals surface area contributed by atoms with Gasteiger partial charge in [0, 0.05) is 0 Å². The third-order valence-electron chi connectivity index (χ3n) is 3.95. The van der Waals surface area contributed by atoms with Crippen molar-refractivity contribution in [3.63, 3.8) is 0 Å². The summed E-state index contributed by atoms with van der Waals surface area (Å²) in [5.41, 5.74) is 4.96. The molecule has 2 aromatic carbocycles. The van der Waals surface area contributed by atoms with Crippen molar-refractivity contribution in [3.05, 3.63) is 59.7 Å². The zero-order chi connectivity index (χ0) is 14.4. The van der Waals surface area contributed by atoms with E-state index in [9.17, 15) is 5.11 Å². The molecule has 0 aliphatic heterocycles. The second-order valence-electron chi connectivity index (χ2n) is 5.34. The van der Waals surface area contributed by atoms with Crippen LogP contribution in [0.4, 0.5) is 0 Å². The summed E-state index contributed by atoms with van der Waals surface area (Å²) >= 11 is 0. The van der Waals surface area contributed by atoms with E-state index in [0.717, 1.165) is 12.0 Å². The number of hydrogen-bond acceptors (Lipinski definition) is 1. The van der Waals surface area contributed by atoms with Crippen molar-refractivity contribution in [2.75, 3.05) is 0 Å². The summed E-state index contributed by atoms with van der Waals surface area (Å²) in [6.07, 6.45) is 3.53. The highest BCUT2D eigenvalue weighted by atomic mass is 16.3. The molecule has 1 unspecified atom stereocenters. The van der Waals surface area contributed by atoms with Gasteiger partial charge in [-0.3, -0.25) is 0 Å². The van der Waals surface area contributed by atoms with Crippen LogP contribution in [-0.4, -0.2) is 5.11 Å². The third kappa shape index (κ3) is 3.29. The van der Waals surface area contributed by atoms with Crippen LogP contribution in [0.3, 0.4) is 0 Å². The lowest BCUT2D eigenvalue weighted by atomic mass is 9.85. The Morgan fingerprint density at radius 1 is 1.00 bits per heavy atom. The van der Waals surface area contributed by atoms with Crippen molar-refractivity contribution in [3.8, 4) is 11.1 Å². The maximum atomic E-state index is 9.41. The summed E-state index contributed by atoms with van der Waals surface area (Å²) in [6, 6.07) is 16.9. The molecule has 2 aromatic rings. The Balaban J connectivity index is 2.50. The van der Waals surface area contributed by atoms with Crippen LogP contribution in [0.2, 0.25) is 0 Å². The lowest BCUT2D eigenvalue weighted by Crippen LogP contribution is -2.01. The molecule has 0 spiro atoms. The van der Waals surface area contributed by atoms with Gasteiger partial charge in [-0.2, -0.15) is 0 Å². The molecule has 0 saturated carbocycles. The van der Waals surface area contributed by atoms with E-state index in [-0.39, 0.29) is 6.61 Å². The third-order valence-corrected chi connectivity index (χ3v) is 3.95. The SMILES string of the molecule is CCCC(CC)c1cc(CO)ccc1-c1ccccc1. The highest BCUT2D eigenvalue weighted by molar-refractivity contribution is 5.68. The van der Waals surface area contributed by atoms with Crippen molar-refractivity contribution in [1.82, 2.24) is 0 Å². The zero-order valence-corrected chi connectivity index (χ0v) is 12.5. The Bertz CT molecular complexity index is 531. The zero-order valence-electron chi connectivity index (χ0n) is 12.5. The molecule has 0 radical (unpaired) electrons. The molecule has 0 amide bonds. The second kappa shape index (κ2) is 7.25. The van der Waals surface area contributed by atoms with E-state index in [1.807, 2.05) is 6.07 Å². The van der Waals surface area contributed by atoms with Crippen LogP contribution >= 0.6 is 0 Å². The predicted molar refractivity (Wildman–Crippen MR) is 85.7 cm³/mol. The Hall–Kier alpha value is -1.60. The van der Waals surface area contributed by atoms with Crippen LogP contribution in [-0.2, 0) is 6.61 Å². The molecule has 0 heterocycles. The van der Waals surface area contributed by atoms with Gasteiger partial charge in [-0.25, -0.2) is 0 Å². The van der Waals surface area contributed by atoms with Crippen LogP contribution in [0.1, 0.15) is 50.2 Å². The molecule has 0 aliphatic carbocycles. The summed E-state index contributed by atoms with van der Waals surface area (Å²) in [7, 11) is 0. The Morgan fingerprint density at radius 2 is 1.75 bits per heavy atom. The van der Waals surface area contributed by atoms with E-state index >= 15 is 0 Å². The molecule has 2 rings (SSSR count). The fraction of sp³-hybridized carbons (Fsp3) is 0.368. The smallest absolute Gasteiger partial charge is 0.0681 e. The van der Waals surface area contributed by atoms with Crippen LogP contribution in [0, 0.1) is 0 Å². The fourth-order valence-electron chi connectivity index (χ4n) is 2.86. The molecule has 106 valence electrons. The first-order valence-electron chi connectivity index (χ1n) is 7.59. The van der Waals surface area contributed by atoms with E-state index in [2.05, 4.69) is 56.3 Å². The highest BCUT2D eigenvalue weighted by Gasteiger charge is 2.14. The van der Waals surface area contributed by atoms with E-state index in [0.29, 0.717) is 5.92 Å². The van der Waals surface area contributed by atoms with E-state index in [1.165, 1.54) is 29.5 Å². The number of benzene rings is 2. The summed E-state index contributed by atoms with van der Waals surface area (Å²) in [5, 5.41) is 9.41. The Morgan fingerprint density at radius 3 is 2.35 bits per heavy atom. The van der Waals surface area contributed by atoms with Crippen molar-refractivity contribution < 1.29 is 5.11 Å². The van der Waals surface area contributed by atoms with Crippen LogP contribution in [0.25, 0.3) is 11.1 Å². The molecule has 0 bridgehead atoms. The largest absolute Gasteiger partial charge is 0.392 e. The lowest BCUT2D eigenvalue weighted by Gasteiger charge is -2.20. The van der Waals surface area contributed by atoms with Gasteiger partial charge in [-0.05, 0) is 41.0 Å². The normalized spacial score (nSPS) is 12.3. The molecule has 20 heavy (non-hydrogen) atoms. The molecular formula is C19H24O. The van der Waals surface area contributed by atoms with Crippen LogP contribution in [0.15, 0.2) is 48.5 Å². The minimum absolute atomic E-state index is 0.116. The average molecular weight is 268 g/mol. The molecule has 1 nitrogen and oxygen atoms in total. The number of hydrogen-bond donors (Lipinski definition) is 1. The summed E-state index contributed by atoms with van der Waals surface area (Å²) in [5.74, 6) is 0.571. The fourth-order valence-corrected chi connectivity index (χ4v) is 2.86. The van der Waals surface area contributed by atoms with Crippen LogP contribution in [0.5, 0.6) is 0 Å². The molecule has 1 atom stereocenters. The second-order valence-corrected chi connectivity index (χ2v) is 5.34. The molecule has 0 aromatic heterocycles. The Kier molecular flexibility index (Phi) is 5.37. The van der Waals surface area contributed by atoms with Gasteiger partial charge >= 0.3 is 0 Å². The number of aliphatic hydroxyl groups excluding tert-OH is 1. The topological polar surface area (TPSA) is 20.2 Å². The Labute approximate surface area is 122 Å². The quantitative estimate of drug-likeness (QED) is 0.769. The van der Waals surface area contributed by atoms with Gasteiger partial charge in [0.25, 0.3) is 0 Å². The van der Waals surface area contributed by atoms with E-state index in [4.69, 9.17) is 0 Å². The van der Waals surface area contributed by atoms with E-state index in [1.54, 1.807) is 0 Å². The van der Waals surface area contributed by atoms with Crippen molar-refractivity contribution in [2.45, 2.75) is 45.6 Å². The van der Waals surface area contributed by atoms with Gasteiger partial charge in [0.2, 0.25) is 0 Å². The van der Waals surface area contributed by atoms with Gasteiger partial charge in [0.1, 0.15) is 0 Å². The summed E-state index contributed by atoms with van der Waals surface area (Å²) in [6.45, 7) is 4.60. The monoisotopic (exact) mass is 268 g/mol. The summed E-state index contributed by atoms with van der Waals surface area (Å²) < 4.78 is 0.